The molecule has 0 radical (unpaired) electrons. The summed E-state index contributed by atoms with van der Waals surface area (Å²) in [5.41, 5.74) is 2.90. The molecule has 176 valence electrons. The molecule has 2 aliphatic heterocycles. The van der Waals surface area contributed by atoms with Gasteiger partial charge in [-0.25, -0.2) is 4.98 Å². The molecule has 3 fully saturated rings. The molecule has 7 nitrogen and oxygen atoms in total. The van der Waals surface area contributed by atoms with Gasteiger partial charge in [0, 0.05) is 69.0 Å². The highest BCUT2D eigenvalue weighted by molar-refractivity contribution is 6.31. The second-order valence-corrected chi connectivity index (χ2v) is 9.90. The lowest BCUT2D eigenvalue weighted by atomic mass is 9.91. The second kappa shape index (κ2) is 9.95. The van der Waals surface area contributed by atoms with Crippen molar-refractivity contribution in [3.05, 3.63) is 41.2 Å². The number of anilines is 1. The summed E-state index contributed by atoms with van der Waals surface area (Å²) in [5, 5.41) is 0.760. The Morgan fingerprint density at radius 2 is 1.76 bits per heavy atom. The number of hydrogen-bond acceptors (Lipinski definition) is 6. The summed E-state index contributed by atoms with van der Waals surface area (Å²) in [4.78, 5) is 31.3. The summed E-state index contributed by atoms with van der Waals surface area (Å²) in [7, 11) is 0. The van der Waals surface area contributed by atoms with Crippen LogP contribution < -0.4 is 4.90 Å². The van der Waals surface area contributed by atoms with E-state index in [2.05, 4.69) is 29.6 Å². The number of rotatable bonds is 5. The number of hydrogen-bond donors (Lipinski definition) is 0. The normalized spacial score (nSPS) is 20.7. The molecule has 1 amide bonds. The van der Waals surface area contributed by atoms with Gasteiger partial charge in [0.05, 0.1) is 24.6 Å². The Hall–Kier alpha value is -2.22. The number of benzene rings is 1. The fourth-order valence-corrected chi connectivity index (χ4v) is 5.07. The zero-order chi connectivity index (χ0) is 22.8. The Kier molecular flexibility index (Phi) is 6.81. The van der Waals surface area contributed by atoms with Crippen molar-refractivity contribution >= 4 is 23.3 Å². The summed E-state index contributed by atoms with van der Waals surface area (Å²) in [6.45, 7) is 9.80. The maximum Gasteiger partial charge on any atom is 0.236 e. The van der Waals surface area contributed by atoms with Crippen molar-refractivity contribution in [3.8, 4) is 11.3 Å². The molecule has 3 aliphatic rings. The fraction of sp³-hybridized carbons (Fsp3) is 0.560. The number of halogens is 1. The molecule has 2 aromatic rings. The van der Waals surface area contributed by atoms with Crippen LogP contribution in [0.2, 0.25) is 5.02 Å². The third-order valence-corrected chi connectivity index (χ3v) is 7.83. The summed E-state index contributed by atoms with van der Waals surface area (Å²) in [5.74, 6) is 1.17. The van der Waals surface area contributed by atoms with Gasteiger partial charge in [0.15, 0.2) is 0 Å². The molecule has 3 heterocycles. The van der Waals surface area contributed by atoms with E-state index < -0.39 is 0 Å². The van der Waals surface area contributed by atoms with Crippen LogP contribution >= 0.6 is 11.6 Å². The van der Waals surface area contributed by atoms with E-state index in [4.69, 9.17) is 11.6 Å². The third-order valence-electron chi connectivity index (χ3n) is 7.41. The minimum Gasteiger partial charge on any atom is -0.353 e. The van der Waals surface area contributed by atoms with E-state index in [0.717, 1.165) is 86.1 Å². The third kappa shape index (κ3) is 5.15. The van der Waals surface area contributed by atoms with E-state index in [9.17, 15) is 4.79 Å². The van der Waals surface area contributed by atoms with E-state index in [-0.39, 0.29) is 5.91 Å². The van der Waals surface area contributed by atoms with Crippen molar-refractivity contribution in [2.75, 3.05) is 63.8 Å². The van der Waals surface area contributed by atoms with Gasteiger partial charge in [-0.3, -0.25) is 19.6 Å². The first-order chi connectivity index (χ1) is 16.1. The predicted octanol–water partition coefficient (Wildman–Crippen LogP) is 2.92. The zero-order valence-electron chi connectivity index (χ0n) is 19.4. The first-order valence-electron chi connectivity index (χ1n) is 12.1. The highest BCUT2D eigenvalue weighted by Gasteiger charge is 2.30. The van der Waals surface area contributed by atoms with Crippen molar-refractivity contribution in [2.24, 2.45) is 0 Å². The smallest absolute Gasteiger partial charge is 0.236 e. The maximum atomic E-state index is 12.8. The van der Waals surface area contributed by atoms with Gasteiger partial charge < -0.3 is 9.80 Å². The zero-order valence-corrected chi connectivity index (χ0v) is 20.2. The van der Waals surface area contributed by atoms with Gasteiger partial charge in [-0.2, -0.15) is 0 Å². The van der Waals surface area contributed by atoms with Crippen LogP contribution in [-0.4, -0.2) is 95.5 Å². The second-order valence-electron chi connectivity index (χ2n) is 9.49. The lowest BCUT2D eigenvalue weighted by Crippen LogP contribution is -2.56. The van der Waals surface area contributed by atoms with Crippen LogP contribution in [0, 0.1) is 6.92 Å². The molecule has 0 atom stereocenters. The lowest BCUT2D eigenvalue weighted by Gasteiger charge is -2.43. The predicted molar refractivity (Wildman–Crippen MR) is 132 cm³/mol. The van der Waals surface area contributed by atoms with E-state index in [1.54, 1.807) is 0 Å². The monoisotopic (exact) mass is 468 g/mol. The van der Waals surface area contributed by atoms with E-state index in [1.807, 2.05) is 37.5 Å². The molecule has 1 aromatic carbocycles. The van der Waals surface area contributed by atoms with Gasteiger partial charge in [-0.05, 0) is 37.5 Å². The number of aromatic nitrogens is 2. The number of nitrogens with zero attached hydrogens (tertiary/aromatic N) is 6. The molecular formula is C25H33ClN6O. The topological polar surface area (TPSA) is 55.8 Å². The Bertz CT molecular complexity index is 963. The Morgan fingerprint density at radius 3 is 2.36 bits per heavy atom. The van der Waals surface area contributed by atoms with Crippen molar-refractivity contribution in [1.82, 2.24) is 24.7 Å². The van der Waals surface area contributed by atoms with Crippen LogP contribution in [0.25, 0.3) is 11.3 Å². The van der Waals surface area contributed by atoms with Crippen LogP contribution in [-0.2, 0) is 4.79 Å². The molecule has 33 heavy (non-hydrogen) atoms. The van der Waals surface area contributed by atoms with E-state index in [1.165, 1.54) is 19.3 Å². The van der Waals surface area contributed by atoms with Crippen molar-refractivity contribution < 1.29 is 4.79 Å². The number of piperazine rings is 2. The summed E-state index contributed by atoms with van der Waals surface area (Å²) in [6.07, 6.45) is 7.73. The van der Waals surface area contributed by atoms with Gasteiger partial charge >= 0.3 is 0 Å². The minimum absolute atomic E-state index is 0.277. The van der Waals surface area contributed by atoms with Crippen LogP contribution in [0.1, 0.15) is 24.8 Å². The van der Waals surface area contributed by atoms with Crippen molar-refractivity contribution in [3.63, 3.8) is 0 Å². The van der Waals surface area contributed by atoms with Gasteiger partial charge in [0.2, 0.25) is 5.91 Å². The molecule has 1 aliphatic carbocycles. The summed E-state index contributed by atoms with van der Waals surface area (Å²) in [6, 6.07) is 6.69. The molecule has 5 rings (SSSR count). The molecule has 1 aromatic heterocycles. The van der Waals surface area contributed by atoms with Gasteiger partial charge in [0.25, 0.3) is 0 Å². The molecule has 0 spiro atoms. The van der Waals surface area contributed by atoms with Crippen LogP contribution in [0.5, 0.6) is 0 Å². The number of carbonyl (C=O) groups is 1. The highest BCUT2D eigenvalue weighted by Crippen LogP contribution is 2.26. The Balaban J connectivity index is 1.09. The highest BCUT2D eigenvalue weighted by atomic mass is 35.5. The summed E-state index contributed by atoms with van der Waals surface area (Å²) < 4.78 is 0. The van der Waals surface area contributed by atoms with Gasteiger partial charge in [0.1, 0.15) is 5.82 Å². The van der Waals surface area contributed by atoms with Gasteiger partial charge in [-0.1, -0.05) is 24.1 Å². The van der Waals surface area contributed by atoms with Crippen LogP contribution in [0.4, 0.5) is 5.82 Å². The molecule has 0 bridgehead atoms. The maximum absolute atomic E-state index is 12.8. The first-order valence-corrected chi connectivity index (χ1v) is 12.5. The molecule has 2 saturated heterocycles. The van der Waals surface area contributed by atoms with Crippen molar-refractivity contribution in [1.29, 1.82) is 0 Å². The Labute approximate surface area is 201 Å². The lowest BCUT2D eigenvalue weighted by molar-refractivity contribution is -0.134. The van der Waals surface area contributed by atoms with Crippen LogP contribution in [0.3, 0.4) is 0 Å². The molecular weight excluding hydrogens is 436 g/mol. The number of amides is 1. The number of aryl methyl sites for hydroxylation is 1. The van der Waals surface area contributed by atoms with E-state index >= 15 is 0 Å². The first kappa shape index (κ1) is 22.6. The molecule has 1 saturated carbocycles. The minimum atomic E-state index is 0.277. The average Bonchev–Trinajstić information content (AvgIpc) is 2.81. The standard InChI is InChI=1S/C25H33ClN6O/c1-19-15-20(5-6-22(19)26)23-16-28-24(17-27-23)31-9-7-29(8-10-31)18-25(33)32-13-11-30(12-14-32)21-3-2-4-21/h5-6,15-17,21H,2-4,7-14,18H2,1H3. The summed E-state index contributed by atoms with van der Waals surface area (Å²) >= 11 is 6.13. The van der Waals surface area contributed by atoms with E-state index in [0.29, 0.717) is 6.54 Å². The number of carbonyl (C=O) groups excluding carboxylic acids is 1. The SMILES string of the molecule is Cc1cc(-c2cnc(N3CCN(CC(=O)N4CCN(C5CCC5)CC4)CC3)cn2)ccc1Cl. The fourth-order valence-electron chi connectivity index (χ4n) is 4.95. The molecule has 8 heteroatoms. The molecule has 0 unspecified atom stereocenters. The molecule has 0 N–H and O–H groups in total. The van der Waals surface area contributed by atoms with Gasteiger partial charge in [-0.15, -0.1) is 0 Å². The van der Waals surface area contributed by atoms with Crippen molar-refractivity contribution in [2.45, 2.75) is 32.2 Å². The van der Waals surface area contributed by atoms with Crippen LogP contribution in [0.15, 0.2) is 30.6 Å². The largest absolute Gasteiger partial charge is 0.353 e. The Morgan fingerprint density at radius 1 is 1.00 bits per heavy atom. The average molecular weight is 469 g/mol. The quantitative estimate of drug-likeness (QED) is 0.672.